The molecule has 1 unspecified atom stereocenters. The van der Waals surface area contributed by atoms with E-state index in [1.165, 1.54) is 6.26 Å². The third kappa shape index (κ3) is 3.57. The van der Waals surface area contributed by atoms with Crippen molar-refractivity contribution in [1.29, 1.82) is 0 Å². The molecule has 0 aromatic carbocycles. The molecular weight excluding hydrogens is 270 g/mol. The molecule has 1 aliphatic rings. The van der Waals surface area contributed by atoms with E-state index in [0.717, 1.165) is 12.8 Å². The van der Waals surface area contributed by atoms with E-state index in [1.54, 1.807) is 4.90 Å². The summed E-state index contributed by atoms with van der Waals surface area (Å²) in [4.78, 5) is 13.0. The van der Waals surface area contributed by atoms with E-state index >= 15 is 0 Å². The summed E-state index contributed by atoms with van der Waals surface area (Å²) in [6.45, 7) is 0.996. The van der Waals surface area contributed by atoms with E-state index in [4.69, 9.17) is 0 Å². The molecule has 0 aromatic rings. The Morgan fingerprint density at radius 1 is 1.57 bits per heavy atom. The Morgan fingerprint density at radius 3 is 2.79 bits per heavy atom. The highest BCUT2D eigenvalue weighted by molar-refractivity contribution is 9.10. The lowest BCUT2D eigenvalue weighted by Gasteiger charge is -2.29. The lowest BCUT2D eigenvalue weighted by atomic mass is 10.1. The molecule has 6 heteroatoms. The summed E-state index contributed by atoms with van der Waals surface area (Å²) in [5.74, 6) is 0.0678. The first-order chi connectivity index (χ1) is 6.40. The number of halogens is 1. The zero-order valence-electron chi connectivity index (χ0n) is 8.07. The zero-order chi connectivity index (χ0) is 10.8. The summed E-state index contributed by atoms with van der Waals surface area (Å²) in [6, 6.07) is 0. The van der Waals surface area contributed by atoms with E-state index in [2.05, 4.69) is 15.9 Å². The van der Waals surface area contributed by atoms with Crippen LogP contribution in [0.5, 0.6) is 0 Å². The van der Waals surface area contributed by atoms with Gasteiger partial charge < -0.3 is 4.90 Å². The van der Waals surface area contributed by atoms with Gasteiger partial charge in [-0.3, -0.25) is 4.79 Å². The maximum atomic E-state index is 11.5. The normalized spacial score (nSPS) is 24.0. The van der Waals surface area contributed by atoms with Gasteiger partial charge in [0.1, 0.15) is 9.84 Å². The Bertz CT molecular complexity index is 315. The highest BCUT2D eigenvalue weighted by atomic mass is 79.9. The average molecular weight is 284 g/mol. The monoisotopic (exact) mass is 283 g/mol. The van der Waals surface area contributed by atoms with Crippen molar-refractivity contribution in [3.05, 3.63) is 0 Å². The predicted octanol–water partition coefficient (Wildman–Crippen LogP) is 0.417. The van der Waals surface area contributed by atoms with Gasteiger partial charge in [-0.1, -0.05) is 15.9 Å². The van der Waals surface area contributed by atoms with Crippen molar-refractivity contribution in [2.45, 2.75) is 17.7 Å². The number of sulfone groups is 1. The lowest BCUT2D eigenvalue weighted by molar-refractivity contribution is -0.132. The molecule has 82 valence electrons. The number of rotatable bonds is 3. The van der Waals surface area contributed by atoms with Crippen LogP contribution in [0.2, 0.25) is 0 Å². The number of hydrogen-bond acceptors (Lipinski definition) is 3. The summed E-state index contributed by atoms with van der Waals surface area (Å²) in [5, 5.41) is 0. The molecule has 0 aromatic heterocycles. The Kier molecular flexibility index (Phi) is 3.94. The fraction of sp³-hybridized carbons (Fsp3) is 0.875. The molecule has 1 saturated heterocycles. The summed E-state index contributed by atoms with van der Waals surface area (Å²) >= 11 is 3.27. The van der Waals surface area contributed by atoms with Crippen molar-refractivity contribution >= 4 is 31.7 Å². The second-order valence-corrected chi connectivity index (χ2v) is 6.93. The molecule has 0 aliphatic carbocycles. The molecule has 0 bridgehead atoms. The number of alkyl halides is 1. The molecule has 0 N–H and O–H groups in total. The van der Waals surface area contributed by atoms with E-state index in [9.17, 15) is 13.2 Å². The fourth-order valence-corrected chi connectivity index (χ4v) is 2.56. The maximum Gasteiger partial charge on any atom is 0.236 e. The van der Waals surface area contributed by atoms with Crippen LogP contribution in [0.4, 0.5) is 0 Å². The van der Waals surface area contributed by atoms with Gasteiger partial charge in [0.2, 0.25) is 5.91 Å². The molecule has 0 radical (unpaired) electrons. The Hall–Kier alpha value is -0.100. The van der Waals surface area contributed by atoms with E-state index in [1.807, 2.05) is 0 Å². The van der Waals surface area contributed by atoms with Crippen molar-refractivity contribution in [2.75, 3.05) is 25.1 Å². The molecule has 1 heterocycles. The van der Waals surface area contributed by atoms with Crippen LogP contribution in [0, 0.1) is 0 Å². The third-order valence-electron chi connectivity index (χ3n) is 2.20. The molecule has 1 rings (SSSR count). The smallest absolute Gasteiger partial charge is 0.236 e. The molecule has 0 spiro atoms. The largest absolute Gasteiger partial charge is 0.341 e. The molecule has 0 saturated carbocycles. The Balaban J connectivity index is 2.48. The van der Waals surface area contributed by atoms with Crippen LogP contribution < -0.4 is 0 Å². The van der Waals surface area contributed by atoms with Crippen molar-refractivity contribution in [1.82, 2.24) is 4.90 Å². The molecule has 1 atom stereocenters. The van der Waals surface area contributed by atoms with Crippen molar-refractivity contribution < 1.29 is 13.2 Å². The quantitative estimate of drug-likeness (QED) is 0.706. The summed E-state index contributed by atoms with van der Waals surface area (Å²) in [6.07, 6.45) is 2.96. The molecule has 1 amide bonds. The van der Waals surface area contributed by atoms with Crippen LogP contribution >= 0.6 is 15.9 Å². The Labute approximate surface area is 92.7 Å². The van der Waals surface area contributed by atoms with Crippen molar-refractivity contribution in [2.24, 2.45) is 0 Å². The van der Waals surface area contributed by atoms with Gasteiger partial charge in [-0.15, -0.1) is 0 Å². The van der Waals surface area contributed by atoms with E-state index < -0.39 is 9.84 Å². The molecular formula is C8H14BrNO3S. The number of carbonyl (C=O) groups is 1. The fourth-order valence-electron chi connectivity index (χ4n) is 1.39. The molecule has 14 heavy (non-hydrogen) atoms. The van der Waals surface area contributed by atoms with Gasteiger partial charge in [0.15, 0.2) is 0 Å². The lowest BCUT2D eigenvalue weighted by Crippen LogP contribution is -2.43. The van der Waals surface area contributed by atoms with Crippen LogP contribution in [-0.2, 0) is 14.6 Å². The minimum atomic E-state index is -2.97. The topological polar surface area (TPSA) is 54.5 Å². The van der Waals surface area contributed by atoms with Crippen LogP contribution in [0.3, 0.4) is 0 Å². The van der Waals surface area contributed by atoms with Gasteiger partial charge in [-0.05, 0) is 12.8 Å². The number of nitrogens with zero attached hydrogens (tertiary/aromatic N) is 1. The molecule has 1 aliphatic heterocycles. The minimum absolute atomic E-state index is 0.0138. The van der Waals surface area contributed by atoms with Gasteiger partial charge >= 0.3 is 0 Å². The summed E-state index contributed by atoms with van der Waals surface area (Å²) in [7, 11) is -2.97. The first-order valence-corrected chi connectivity index (χ1v) is 7.48. The summed E-state index contributed by atoms with van der Waals surface area (Å²) in [5.41, 5.74) is 0. The molecule has 1 fully saturated rings. The van der Waals surface area contributed by atoms with Gasteiger partial charge in [-0.25, -0.2) is 8.42 Å². The Morgan fingerprint density at radius 2 is 2.21 bits per heavy atom. The van der Waals surface area contributed by atoms with Crippen LogP contribution in [0.1, 0.15) is 12.8 Å². The first-order valence-electron chi connectivity index (χ1n) is 4.51. The number of likely N-dealkylation sites (tertiary alicyclic amines) is 1. The van der Waals surface area contributed by atoms with Crippen molar-refractivity contribution in [3.8, 4) is 0 Å². The number of piperidine rings is 1. The second-order valence-electron chi connectivity index (χ2n) is 3.56. The number of amides is 1. The maximum absolute atomic E-state index is 11.5. The number of hydrogen-bond donors (Lipinski definition) is 0. The standard InChI is InChI=1S/C8H14BrNO3S/c1-14(12,13)6-5-10-4-2-3-7(9)8(10)11/h7H,2-6H2,1H3. The van der Waals surface area contributed by atoms with Gasteiger partial charge in [0.25, 0.3) is 0 Å². The minimum Gasteiger partial charge on any atom is -0.341 e. The van der Waals surface area contributed by atoms with E-state index in [-0.39, 0.29) is 16.5 Å². The summed E-state index contributed by atoms with van der Waals surface area (Å²) < 4.78 is 21.8. The highest BCUT2D eigenvalue weighted by Gasteiger charge is 2.26. The average Bonchev–Trinajstić information content (AvgIpc) is 2.06. The SMILES string of the molecule is CS(=O)(=O)CCN1CCCC(Br)C1=O. The number of carbonyl (C=O) groups excluding carboxylic acids is 1. The van der Waals surface area contributed by atoms with E-state index in [0.29, 0.717) is 13.1 Å². The third-order valence-corrected chi connectivity index (χ3v) is 3.97. The van der Waals surface area contributed by atoms with Crippen LogP contribution in [-0.4, -0.2) is 49.2 Å². The van der Waals surface area contributed by atoms with Crippen LogP contribution in [0.15, 0.2) is 0 Å². The second kappa shape index (κ2) is 4.61. The van der Waals surface area contributed by atoms with Crippen molar-refractivity contribution in [3.63, 3.8) is 0 Å². The zero-order valence-corrected chi connectivity index (χ0v) is 10.5. The molecule has 4 nitrogen and oxygen atoms in total. The van der Waals surface area contributed by atoms with Crippen LogP contribution in [0.25, 0.3) is 0 Å². The van der Waals surface area contributed by atoms with Gasteiger partial charge in [-0.2, -0.15) is 0 Å². The first kappa shape index (κ1) is 12.0. The van der Waals surface area contributed by atoms with Gasteiger partial charge in [0.05, 0.1) is 10.6 Å². The highest BCUT2D eigenvalue weighted by Crippen LogP contribution is 2.17. The van der Waals surface area contributed by atoms with Gasteiger partial charge in [0, 0.05) is 19.3 Å². The predicted molar refractivity (Wildman–Crippen MR) is 58.2 cm³/mol.